The zero-order valence-electron chi connectivity index (χ0n) is 10.3. The van der Waals surface area contributed by atoms with Gasteiger partial charge in [0, 0.05) is 16.5 Å². The van der Waals surface area contributed by atoms with E-state index < -0.39 is 0 Å². The molecule has 3 rings (SSSR count). The van der Waals surface area contributed by atoms with Gasteiger partial charge in [0.2, 0.25) is 0 Å². The molecular weight excluding hydrogens is 260 g/mol. The molecule has 0 radical (unpaired) electrons. The van der Waals surface area contributed by atoms with Gasteiger partial charge < -0.3 is 4.74 Å². The second-order valence-electron chi connectivity index (χ2n) is 4.65. The van der Waals surface area contributed by atoms with Crippen LogP contribution in [-0.4, -0.2) is 5.97 Å². The summed E-state index contributed by atoms with van der Waals surface area (Å²) in [5.41, 5.74) is 1.99. The smallest absolute Gasteiger partial charge is 0.307 e. The molecule has 1 aliphatic heterocycles. The first-order valence-corrected chi connectivity index (χ1v) is 6.62. The summed E-state index contributed by atoms with van der Waals surface area (Å²) in [6.07, 6.45) is 0.114. The van der Waals surface area contributed by atoms with Gasteiger partial charge in [-0.2, -0.15) is 0 Å². The third kappa shape index (κ3) is 2.36. The summed E-state index contributed by atoms with van der Waals surface area (Å²) in [6, 6.07) is 17.5. The van der Waals surface area contributed by atoms with Crippen molar-refractivity contribution in [2.24, 2.45) is 0 Å². The largest absolute Gasteiger partial charge is 0.457 e. The molecule has 0 bridgehead atoms. The number of benzene rings is 2. The van der Waals surface area contributed by atoms with Crippen LogP contribution in [0, 0.1) is 0 Å². The summed E-state index contributed by atoms with van der Waals surface area (Å²) >= 11 is 6.21. The predicted octanol–water partition coefficient (Wildman–Crippen LogP) is 4.11. The number of carbonyl (C=O) groups excluding carboxylic acids is 1. The highest BCUT2D eigenvalue weighted by molar-refractivity contribution is 6.31. The van der Waals surface area contributed by atoms with Crippen molar-refractivity contribution < 1.29 is 9.53 Å². The van der Waals surface area contributed by atoms with Crippen LogP contribution in [0.5, 0.6) is 0 Å². The molecule has 19 heavy (non-hydrogen) atoms. The van der Waals surface area contributed by atoms with Crippen LogP contribution in [0.1, 0.15) is 29.6 Å². The van der Waals surface area contributed by atoms with E-state index in [1.54, 1.807) is 0 Å². The van der Waals surface area contributed by atoms with Crippen LogP contribution in [-0.2, 0) is 9.53 Å². The molecule has 1 aliphatic rings. The average Bonchev–Trinajstić information content (AvgIpc) is 2.82. The molecule has 1 unspecified atom stereocenters. The van der Waals surface area contributed by atoms with E-state index in [4.69, 9.17) is 16.3 Å². The number of hydrogen-bond donors (Lipinski definition) is 0. The molecular formula is C16H13ClO2. The van der Waals surface area contributed by atoms with Gasteiger partial charge in [0.15, 0.2) is 0 Å². The minimum absolute atomic E-state index is 0.0357. The summed E-state index contributed by atoms with van der Waals surface area (Å²) in [7, 11) is 0. The molecule has 1 saturated heterocycles. The Morgan fingerprint density at radius 2 is 1.68 bits per heavy atom. The zero-order chi connectivity index (χ0) is 13.2. The summed E-state index contributed by atoms with van der Waals surface area (Å²) < 4.78 is 5.47. The minimum Gasteiger partial charge on any atom is -0.457 e. The second kappa shape index (κ2) is 5.06. The Balaban J connectivity index is 2.00. The van der Waals surface area contributed by atoms with Gasteiger partial charge in [0.1, 0.15) is 6.10 Å². The molecule has 3 heteroatoms. The summed E-state index contributed by atoms with van der Waals surface area (Å²) in [5, 5.41) is 0.642. The van der Waals surface area contributed by atoms with Gasteiger partial charge in [-0.05, 0) is 11.6 Å². The molecule has 0 saturated carbocycles. The van der Waals surface area contributed by atoms with E-state index in [9.17, 15) is 4.79 Å². The van der Waals surface area contributed by atoms with Gasteiger partial charge in [-0.15, -0.1) is 0 Å². The molecule has 2 atom stereocenters. The Morgan fingerprint density at radius 3 is 2.42 bits per heavy atom. The minimum atomic E-state index is -0.288. The van der Waals surface area contributed by atoms with Crippen molar-refractivity contribution in [3.05, 3.63) is 70.7 Å². The fourth-order valence-corrected chi connectivity index (χ4v) is 2.78. The van der Waals surface area contributed by atoms with E-state index in [0.717, 1.165) is 11.1 Å². The quantitative estimate of drug-likeness (QED) is 0.769. The van der Waals surface area contributed by atoms with Crippen molar-refractivity contribution in [1.29, 1.82) is 0 Å². The molecule has 0 aliphatic carbocycles. The first-order chi connectivity index (χ1) is 9.25. The molecule has 2 aromatic rings. The lowest BCUT2D eigenvalue weighted by molar-refractivity contribution is -0.141. The Labute approximate surface area is 117 Å². The number of cyclic esters (lactones) is 1. The van der Waals surface area contributed by atoms with E-state index in [-0.39, 0.29) is 18.0 Å². The molecule has 0 spiro atoms. The van der Waals surface area contributed by atoms with Gasteiger partial charge in [0.05, 0.1) is 6.42 Å². The van der Waals surface area contributed by atoms with Crippen LogP contribution < -0.4 is 0 Å². The molecule has 1 heterocycles. The number of rotatable bonds is 2. The maximum atomic E-state index is 11.7. The number of hydrogen-bond acceptors (Lipinski definition) is 2. The Kier molecular flexibility index (Phi) is 3.26. The van der Waals surface area contributed by atoms with Crippen LogP contribution in [0.15, 0.2) is 54.6 Å². The van der Waals surface area contributed by atoms with E-state index in [0.29, 0.717) is 11.4 Å². The van der Waals surface area contributed by atoms with E-state index in [2.05, 4.69) is 0 Å². The Hall–Kier alpha value is -1.80. The third-order valence-corrected chi connectivity index (χ3v) is 3.79. The van der Waals surface area contributed by atoms with Crippen molar-refractivity contribution in [1.82, 2.24) is 0 Å². The first kappa shape index (κ1) is 12.2. The van der Waals surface area contributed by atoms with Gasteiger partial charge in [-0.25, -0.2) is 0 Å². The van der Waals surface area contributed by atoms with Crippen LogP contribution in [0.25, 0.3) is 0 Å². The van der Waals surface area contributed by atoms with Crippen molar-refractivity contribution in [3.63, 3.8) is 0 Å². The zero-order valence-corrected chi connectivity index (χ0v) is 11.0. The third-order valence-electron chi connectivity index (χ3n) is 3.45. The number of ether oxygens (including phenoxy) is 1. The summed E-state index contributed by atoms with van der Waals surface area (Å²) in [4.78, 5) is 11.7. The average molecular weight is 273 g/mol. The summed E-state index contributed by atoms with van der Waals surface area (Å²) in [5.74, 6) is -0.132. The molecule has 0 amide bonds. The monoisotopic (exact) mass is 272 g/mol. The van der Waals surface area contributed by atoms with Crippen molar-refractivity contribution in [3.8, 4) is 0 Å². The highest BCUT2D eigenvalue weighted by Gasteiger charge is 2.37. The molecule has 0 N–H and O–H groups in total. The van der Waals surface area contributed by atoms with Gasteiger partial charge >= 0.3 is 5.97 Å². The lowest BCUT2D eigenvalue weighted by atomic mass is 9.89. The highest BCUT2D eigenvalue weighted by atomic mass is 35.5. The van der Waals surface area contributed by atoms with Gasteiger partial charge in [-0.1, -0.05) is 60.1 Å². The van der Waals surface area contributed by atoms with Gasteiger partial charge in [0.25, 0.3) is 0 Å². The van der Waals surface area contributed by atoms with E-state index in [1.807, 2.05) is 54.6 Å². The normalized spacial score (nSPS) is 22.3. The lowest BCUT2D eigenvalue weighted by Crippen LogP contribution is -2.06. The Bertz CT molecular complexity index is 595. The summed E-state index contributed by atoms with van der Waals surface area (Å²) in [6.45, 7) is 0. The van der Waals surface area contributed by atoms with E-state index in [1.165, 1.54) is 0 Å². The maximum Gasteiger partial charge on any atom is 0.307 e. The molecule has 0 aromatic heterocycles. The van der Waals surface area contributed by atoms with Crippen LogP contribution in [0.2, 0.25) is 5.02 Å². The van der Waals surface area contributed by atoms with Gasteiger partial charge in [-0.3, -0.25) is 4.79 Å². The topological polar surface area (TPSA) is 26.3 Å². The molecule has 96 valence electrons. The predicted molar refractivity (Wildman–Crippen MR) is 74.1 cm³/mol. The molecule has 1 fully saturated rings. The number of halogens is 1. The Morgan fingerprint density at radius 1 is 1.00 bits per heavy atom. The highest BCUT2D eigenvalue weighted by Crippen LogP contribution is 2.44. The van der Waals surface area contributed by atoms with Crippen LogP contribution >= 0.6 is 11.6 Å². The van der Waals surface area contributed by atoms with Crippen molar-refractivity contribution >= 4 is 17.6 Å². The lowest BCUT2D eigenvalue weighted by Gasteiger charge is -2.19. The standard InChI is InChI=1S/C16H13ClO2/c17-14-9-5-4-8-12(14)16-13(10-15(18)19-16)11-6-2-1-3-7-11/h1-9,13,16H,10H2/t13-,16?/m1/s1. The molecule has 2 nitrogen and oxygen atoms in total. The van der Waals surface area contributed by atoms with Crippen LogP contribution in [0.3, 0.4) is 0 Å². The van der Waals surface area contributed by atoms with E-state index >= 15 is 0 Å². The SMILES string of the molecule is O=C1C[C@H](c2ccccc2)C(c2ccccc2Cl)O1. The molecule has 2 aromatic carbocycles. The number of esters is 1. The number of carbonyl (C=O) groups is 1. The second-order valence-corrected chi connectivity index (χ2v) is 5.06. The maximum absolute atomic E-state index is 11.7. The fraction of sp³-hybridized carbons (Fsp3) is 0.188. The van der Waals surface area contributed by atoms with Crippen molar-refractivity contribution in [2.45, 2.75) is 18.4 Å². The van der Waals surface area contributed by atoms with Crippen LogP contribution in [0.4, 0.5) is 0 Å². The first-order valence-electron chi connectivity index (χ1n) is 6.24. The fourth-order valence-electron chi connectivity index (χ4n) is 2.54. The van der Waals surface area contributed by atoms with Crippen molar-refractivity contribution in [2.75, 3.05) is 0 Å².